The number of hydrogen-bond acceptors (Lipinski definition) is 0. The van der Waals surface area contributed by atoms with Gasteiger partial charge in [0.1, 0.15) is 0 Å². The molecule has 0 saturated carbocycles. The van der Waals surface area contributed by atoms with E-state index in [1.165, 1.54) is 11.1 Å². The third-order valence-corrected chi connectivity index (χ3v) is 2.80. The molecule has 1 nitrogen and oxygen atoms in total. The van der Waals surface area contributed by atoms with Crippen molar-refractivity contribution in [2.75, 3.05) is 0 Å². The molecule has 0 saturated heterocycles. The summed E-state index contributed by atoms with van der Waals surface area (Å²) in [4.78, 5) is 0. The van der Waals surface area contributed by atoms with E-state index >= 15 is 0 Å². The molecule has 0 N–H and O–H groups in total. The quantitative estimate of drug-likeness (QED) is 0.629. The van der Waals surface area contributed by atoms with Crippen molar-refractivity contribution in [3.63, 3.8) is 0 Å². The Morgan fingerprint density at radius 3 is 2.91 bits per heavy atom. The lowest BCUT2D eigenvalue weighted by Gasteiger charge is -1.93. The molecule has 0 fully saturated rings. The minimum absolute atomic E-state index is 1.15. The molecule has 0 aromatic carbocycles. The van der Waals surface area contributed by atoms with Gasteiger partial charge in [-0.1, -0.05) is 6.07 Å². The van der Waals surface area contributed by atoms with Gasteiger partial charge in [0.25, 0.3) is 0 Å². The number of halogens is 1. The van der Waals surface area contributed by atoms with Gasteiger partial charge in [-0.25, -0.2) is 0 Å². The summed E-state index contributed by atoms with van der Waals surface area (Å²) < 4.78 is 3.27. The molecule has 2 heteroatoms. The molecule has 2 aromatic rings. The summed E-state index contributed by atoms with van der Waals surface area (Å²) in [5.74, 6) is 0. The van der Waals surface area contributed by atoms with E-state index < -0.39 is 0 Å². The first-order valence-corrected chi connectivity index (χ1v) is 4.30. The number of aromatic nitrogens is 1. The fourth-order valence-electron chi connectivity index (χ4n) is 1.22. The summed E-state index contributed by atoms with van der Waals surface area (Å²) in [6, 6.07) is 8.32. The van der Waals surface area contributed by atoms with E-state index in [0.29, 0.717) is 0 Å². The van der Waals surface area contributed by atoms with Crippen LogP contribution in [-0.2, 0) is 0 Å². The topological polar surface area (TPSA) is 4.41 Å². The third-order valence-electron chi connectivity index (χ3n) is 1.79. The lowest BCUT2D eigenvalue weighted by molar-refractivity contribution is 1.15. The fourth-order valence-corrected chi connectivity index (χ4v) is 1.66. The summed E-state index contributed by atoms with van der Waals surface area (Å²) in [5.41, 5.74) is 2.51. The largest absolute Gasteiger partial charge is 0.311 e. The molecule has 0 aliphatic heterocycles. The summed E-state index contributed by atoms with van der Waals surface area (Å²) in [6.07, 6.45) is 2.05. The maximum atomic E-state index is 3.51. The number of fused-ring (bicyclic) bond motifs is 1. The highest BCUT2D eigenvalue weighted by molar-refractivity contribution is 9.10. The van der Waals surface area contributed by atoms with Gasteiger partial charge in [0.2, 0.25) is 0 Å². The Kier molecular flexibility index (Phi) is 1.50. The van der Waals surface area contributed by atoms with Gasteiger partial charge in [-0.3, -0.25) is 0 Å². The Hall–Kier alpha value is -0.760. The van der Waals surface area contributed by atoms with Gasteiger partial charge in [0.15, 0.2) is 0 Å². The average Bonchev–Trinajstić information content (AvgIpc) is 2.30. The van der Waals surface area contributed by atoms with Crippen molar-refractivity contribution in [1.82, 2.24) is 4.40 Å². The summed E-state index contributed by atoms with van der Waals surface area (Å²) in [7, 11) is 0. The highest BCUT2D eigenvalue weighted by Crippen LogP contribution is 2.20. The molecule has 2 rings (SSSR count). The smallest absolute Gasteiger partial charge is 0.0921 e. The standard InChI is InChI=1S/C9H8BrN/c1-7-6-8-4-2-3-5-11(8)9(7)10/h2-6H,1H3. The Bertz CT molecular complexity index is 389. The van der Waals surface area contributed by atoms with Crippen LogP contribution in [0.5, 0.6) is 0 Å². The van der Waals surface area contributed by atoms with Crippen LogP contribution in [0.25, 0.3) is 5.52 Å². The zero-order chi connectivity index (χ0) is 7.84. The average molecular weight is 210 g/mol. The van der Waals surface area contributed by atoms with Gasteiger partial charge >= 0.3 is 0 Å². The molecule has 0 aliphatic carbocycles. The Morgan fingerprint density at radius 1 is 1.36 bits per heavy atom. The van der Waals surface area contributed by atoms with Crippen molar-refractivity contribution >= 4 is 21.4 Å². The van der Waals surface area contributed by atoms with Crippen molar-refractivity contribution in [3.05, 3.63) is 40.6 Å². The van der Waals surface area contributed by atoms with Gasteiger partial charge in [0.05, 0.1) is 4.60 Å². The minimum Gasteiger partial charge on any atom is -0.311 e. The monoisotopic (exact) mass is 209 g/mol. The highest BCUT2D eigenvalue weighted by Gasteiger charge is 2.00. The molecule has 11 heavy (non-hydrogen) atoms. The summed E-state index contributed by atoms with van der Waals surface area (Å²) >= 11 is 3.51. The van der Waals surface area contributed by atoms with E-state index in [0.717, 1.165) is 4.60 Å². The lowest BCUT2D eigenvalue weighted by Crippen LogP contribution is -1.80. The predicted octanol–water partition coefficient (Wildman–Crippen LogP) is 3.01. The van der Waals surface area contributed by atoms with Crippen LogP contribution >= 0.6 is 15.9 Å². The van der Waals surface area contributed by atoms with Gasteiger partial charge in [-0.2, -0.15) is 0 Å². The van der Waals surface area contributed by atoms with E-state index in [4.69, 9.17) is 0 Å². The van der Waals surface area contributed by atoms with Crippen LogP contribution < -0.4 is 0 Å². The number of nitrogens with zero attached hydrogens (tertiary/aromatic N) is 1. The second-order valence-electron chi connectivity index (χ2n) is 2.61. The van der Waals surface area contributed by atoms with E-state index in [1.807, 2.05) is 18.3 Å². The Morgan fingerprint density at radius 2 is 2.18 bits per heavy atom. The van der Waals surface area contributed by atoms with Crippen molar-refractivity contribution in [2.45, 2.75) is 6.92 Å². The number of aryl methyl sites for hydroxylation is 1. The molecule has 0 atom stereocenters. The first kappa shape index (κ1) is 6.92. The summed E-state index contributed by atoms with van der Waals surface area (Å²) in [6.45, 7) is 2.09. The second-order valence-corrected chi connectivity index (χ2v) is 3.36. The molecular weight excluding hydrogens is 202 g/mol. The lowest BCUT2D eigenvalue weighted by atomic mass is 10.3. The molecule has 0 amide bonds. The fraction of sp³-hybridized carbons (Fsp3) is 0.111. The van der Waals surface area contributed by atoms with Crippen molar-refractivity contribution in [3.8, 4) is 0 Å². The third kappa shape index (κ3) is 0.979. The second kappa shape index (κ2) is 2.38. The van der Waals surface area contributed by atoms with Crippen LogP contribution in [0, 0.1) is 6.92 Å². The highest BCUT2D eigenvalue weighted by atomic mass is 79.9. The molecule has 0 unspecified atom stereocenters. The first-order chi connectivity index (χ1) is 5.29. The van der Waals surface area contributed by atoms with Crippen molar-refractivity contribution in [1.29, 1.82) is 0 Å². The van der Waals surface area contributed by atoms with Gasteiger partial charge in [0, 0.05) is 11.7 Å². The molecule has 2 heterocycles. The van der Waals surface area contributed by atoms with Crippen molar-refractivity contribution in [2.24, 2.45) is 0 Å². The van der Waals surface area contributed by atoms with Crippen LogP contribution in [0.1, 0.15) is 5.56 Å². The maximum absolute atomic E-state index is 3.51. The molecule has 0 radical (unpaired) electrons. The minimum atomic E-state index is 1.15. The van der Waals surface area contributed by atoms with Gasteiger partial charge in [-0.15, -0.1) is 0 Å². The van der Waals surface area contributed by atoms with Crippen LogP contribution in [-0.4, -0.2) is 4.40 Å². The molecule has 56 valence electrons. The van der Waals surface area contributed by atoms with E-state index in [2.05, 4.69) is 39.4 Å². The molecule has 2 aromatic heterocycles. The Labute approximate surface area is 73.8 Å². The zero-order valence-corrected chi connectivity index (χ0v) is 7.80. The van der Waals surface area contributed by atoms with E-state index in [-0.39, 0.29) is 0 Å². The maximum Gasteiger partial charge on any atom is 0.0921 e. The number of pyridine rings is 1. The van der Waals surface area contributed by atoms with E-state index in [1.54, 1.807) is 0 Å². The zero-order valence-electron chi connectivity index (χ0n) is 6.21. The predicted molar refractivity (Wildman–Crippen MR) is 49.8 cm³/mol. The number of rotatable bonds is 0. The van der Waals surface area contributed by atoms with Crippen LogP contribution in [0.4, 0.5) is 0 Å². The molecule has 0 spiro atoms. The molecule has 0 bridgehead atoms. The van der Waals surface area contributed by atoms with Gasteiger partial charge < -0.3 is 4.40 Å². The SMILES string of the molecule is Cc1cc2ccccn2c1Br. The van der Waals surface area contributed by atoms with Crippen LogP contribution in [0.15, 0.2) is 35.1 Å². The number of hydrogen-bond donors (Lipinski definition) is 0. The van der Waals surface area contributed by atoms with Gasteiger partial charge in [-0.05, 0) is 46.6 Å². The van der Waals surface area contributed by atoms with Crippen molar-refractivity contribution < 1.29 is 0 Å². The summed E-state index contributed by atoms with van der Waals surface area (Å²) in [5, 5.41) is 0. The van der Waals surface area contributed by atoms with Crippen LogP contribution in [0.3, 0.4) is 0 Å². The Balaban J connectivity index is 2.92. The molecular formula is C9H8BrN. The van der Waals surface area contributed by atoms with Crippen LogP contribution in [0.2, 0.25) is 0 Å². The molecule has 0 aliphatic rings. The normalized spacial score (nSPS) is 10.7. The van der Waals surface area contributed by atoms with E-state index in [9.17, 15) is 0 Å². The first-order valence-electron chi connectivity index (χ1n) is 3.51.